The third kappa shape index (κ3) is 68.7. The summed E-state index contributed by atoms with van der Waals surface area (Å²) in [7, 11) is 0. The van der Waals surface area contributed by atoms with Crippen LogP contribution in [-0.2, 0) is 28.6 Å². The maximum atomic E-state index is 13.0. The Balaban J connectivity index is 4.22. The normalized spacial score (nSPS) is 12.1. The predicted molar refractivity (Wildman–Crippen MR) is 358 cm³/mol. The van der Waals surface area contributed by atoms with Crippen molar-refractivity contribution in [3.63, 3.8) is 0 Å². The van der Waals surface area contributed by atoms with Crippen LogP contribution in [0.2, 0.25) is 0 Å². The van der Waals surface area contributed by atoms with Gasteiger partial charge in [0.05, 0.1) is 0 Å². The minimum atomic E-state index is -0.775. The highest BCUT2D eigenvalue weighted by Gasteiger charge is 2.20. The Morgan fingerprint density at radius 2 is 0.439 bits per heavy atom. The van der Waals surface area contributed by atoms with Gasteiger partial charge in [0, 0.05) is 19.3 Å². The minimum absolute atomic E-state index is 0.0690. The van der Waals surface area contributed by atoms with E-state index in [9.17, 15) is 14.4 Å². The quantitative estimate of drug-likeness (QED) is 0.0261. The molecule has 0 rings (SSSR count). The molecule has 0 radical (unpaired) electrons. The van der Waals surface area contributed by atoms with Crippen molar-refractivity contribution in [1.29, 1.82) is 0 Å². The lowest BCUT2D eigenvalue weighted by Crippen LogP contribution is -2.30. The fraction of sp³-hybridized carbons (Fsp3) is 0.908. The number of carbonyl (C=O) groups excluding carboxylic acids is 3. The monoisotopic (exact) mass is 1150 g/mol. The van der Waals surface area contributed by atoms with Crippen LogP contribution in [0.3, 0.4) is 0 Å². The molecule has 6 heteroatoms. The molecule has 0 aliphatic carbocycles. The number of unbranched alkanes of at least 4 members (excludes halogenated alkanes) is 55. The fourth-order valence-electron chi connectivity index (χ4n) is 11.6. The van der Waals surface area contributed by atoms with E-state index in [2.05, 4.69) is 45.1 Å². The van der Waals surface area contributed by atoms with Gasteiger partial charge in [-0.1, -0.05) is 379 Å². The van der Waals surface area contributed by atoms with Crippen molar-refractivity contribution in [2.24, 2.45) is 0 Å². The second-order valence-corrected chi connectivity index (χ2v) is 25.6. The maximum Gasteiger partial charge on any atom is 0.306 e. The Kier molecular flexibility index (Phi) is 69.5. The standard InChI is InChI=1S/C76H144O6/c1-4-7-10-13-16-19-22-25-28-30-32-34-36-37-38-39-40-42-43-45-48-51-54-57-60-63-66-69-75(78)81-72-73(71-80-74(77)68-65-62-59-56-53-50-47-27-24-21-18-15-12-9-6-3)82-76(79)70-67-64-61-58-55-52-49-46-44-41-35-33-31-29-26-23-20-17-14-11-8-5-2/h18,21,27,47,73H,4-17,19-20,22-26,28-46,48-72H2,1-3H3/b21-18-,47-27-. The molecule has 0 fully saturated rings. The number of carbonyl (C=O) groups is 3. The molecule has 0 heterocycles. The Hall–Kier alpha value is -2.11. The van der Waals surface area contributed by atoms with Crippen molar-refractivity contribution in [2.75, 3.05) is 13.2 Å². The first-order valence-corrected chi connectivity index (χ1v) is 37.3. The van der Waals surface area contributed by atoms with Crippen LogP contribution in [0.4, 0.5) is 0 Å². The van der Waals surface area contributed by atoms with Crippen molar-refractivity contribution in [1.82, 2.24) is 0 Å². The lowest BCUT2D eigenvalue weighted by Gasteiger charge is -2.18. The van der Waals surface area contributed by atoms with Gasteiger partial charge in [-0.25, -0.2) is 0 Å². The van der Waals surface area contributed by atoms with Crippen LogP contribution in [0.1, 0.15) is 425 Å². The lowest BCUT2D eigenvalue weighted by atomic mass is 10.0. The second-order valence-electron chi connectivity index (χ2n) is 25.6. The first-order chi connectivity index (χ1) is 40.5. The van der Waals surface area contributed by atoms with Gasteiger partial charge in [-0.2, -0.15) is 0 Å². The van der Waals surface area contributed by atoms with Crippen molar-refractivity contribution >= 4 is 17.9 Å². The molecule has 0 N–H and O–H groups in total. The van der Waals surface area contributed by atoms with E-state index in [-0.39, 0.29) is 31.1 Å². The molecule has 0 saturated heterocycles. The molecule has 0 amide bonds. The van der Waals surface area contributed by atoms with Gasteiger partial charge in [0.1, 0.15) is 13.2 Å². The van der Waals surface area contributed by atoms with E-state index in [4.69, 9.17) is 14.2 Å². The van der Waals surface area contributed by atoms with E-state index in [1.54, 1.807) is 0 Å². The number of allylic oxidation sites excluding steroid dienone is 4. The van der Waals surface area contributed by atoms with Crippen molar-refractivity contribution in [3.05, 3.63) is 24.3 Å². The van der Waals surface area contributed by atoms with Gasteiger partial charge in [-0.15, -0.1) is 0 Å². The number of rotatable bonds is 70. The van der Waals surface area contributed by atoms with Crippen molar-refractivity contribution in [2.45, 2.75) is 431 Å². The molecule has 6 nitrogen and oxygen atoms in total. The highest BCUT2D eigenvalue weighted by atomic mass is 16.6. The summed E-state index contributed by atoms with van der Waals surface area (Å²) in [5, 5.41) is 0. The largest absolute Gasteiger partial charge is 0.462 e. The molecule has 0 aromatic carbocycles. The molecule has 484 valence electrons. The van der Waals surface area contributed by atoms with E-state index >= 15 is 0 Å². The molecule has 0 aliphatic rings. The van der Waals surface area contributed by atoms with Crippen LogP contribution in [-0.4, -0.2) is 37.2 Å². The first kappa shape index (κ1) is 79.9. The Morgan fingerprint density at radius 3 is 0.695 bits per heavy atom. The van der Waals surface area contributed by atoms with Crippen LogP contribution < -0.4 is 0 Å². The summed E-state index contributed by atoms with van der Waals surface area (Å²) >= 11 is 0. The molecule has 0 aromatic heterocycles. The molecule has 0 bridgehead atoms. The summed E-state index contributed by atoms with van der Waals surface area (Å²) in [5.41, 5.74) is 0. The smallest absolute Gasteiger partial charge is 0.306 e. The van der Waals surface area contributed by atoms with E-state index in [1.165, 1.54) is 308 Å². The molecular formula is C76H144O6. The van der Waals surface area contributed by atoms with E-state index < -0.39 is 6.10 Å². The second kappa shape index (κ2) is 71.4. The van der Waals surface area contributed by atoms with E-state index in [0.717, 1.165) is 77.0 Å². The zero-order valence-corrected chi connectivity index (χ0v) is 55.8. The molecule has 0 aliphatic heterocycles. The Labute approximate surface area is 513 Å². The van der Waals surface area contributed by atoms with Crippen LogP contribution in [0.25, 0.3) is 0 Å². The van der Waals surface area contributed by atoms with Gasteiger partial charge < -0.3 is 14.2 Å². The highest BCUT2D eigenvalue weighted by molar-refractivity contribution is 5.71. The van der Waals surface area contributed by atoms with Gasteiger partial charge in [0.15, 0.2) is 6.10 Å². The molecule has 1 unspecified atom stereocenters. The number of hydrogen-bond donors (Lipinski definition) is 0. The molecule has 0 spiro atoms. The molecule has 0 saturated carbocycles. The lowest BCUT2D eigenvalue weighted by molar-refractivity contribution is -0.167. The number of hydrogen-bond acceptors (Lipinski definition) is 6. The number of ether oxygens (including phenoxy) is 3. The van der Waals surface area contributed by atoms with Crippen molar-refractivity contribution < 1.29 is 28.6 Å². The van der Waals surface area contributed by atoms with Crippen molar-refractivity contribution in [3.8, 4) is 0 Å². The van der Waals surface area contributed by atoms with Gasteiger partial charge in [0.25, 0.3) is 0 Å². The molecular weight excluding hydrogens is 1010 g/mol. The summed E-state index contributed by atoms with van der Waals surface area (Å²) in [6, 6.07) is 0. The average molecular weight is 1150 g/mol. The Morgan fingerprint density at radius 1 is 0.244 bits per heavy atom. The maximum absolute atomic E-state index is 13.0. The summed E-state index contributed by atoms with van der Waals surface area (Å²) in [6.07, 6.45) is 88.0. The Bertz CT molecular complexity index is 1320. The summed E-state index contributed by atoms with van der Waals surface area (Å²) in [4.78, 5) is 38.5. The molecule has 1 atom stereocenters. The third-order valence-corrected chi connectivity index (χ3v) is 17.2. The number of esters is 3. The van der Waals surface area contributed by atoms with Gasteiger partial charge in [-0.3, -0.25) is 14.4 Å². The van der Waals surface area contributed by atoms with Gasteiger partial charge >= 0.3 is 17.9 Å². The van der Waals surface area contributed by atoms with E-state index in [0.29, 0.717) is 19.3 Å². The van der Waals surface area contributed by atoms with Crippen LogP contribution in [0.15, 0.2) is 24.3 Å². The van der Waals surface area contributed by atoms with Crippen LogP contribution in [0.5, 0.6) is 0 Å². The predicted octanol–water partition coefficient (Wildman–Crippen LogP) is 25.7. The summed E-state index contributed by atoms with van der Waals surface area (Å²) in [6.45, 7) is 6.70. The SMILES string of the molecule is CCCCC/C=C\C/C=C\CCCCCCCC(=O)OCC(COC(=O)CCCCCCCCCCCCCCCCCCCCCCCCCCCCC)OC(=O)CCCCCCCCCCCCCCCCCCCCCCCC. The van der Waals surface area contributed by atoms with Crippen LogP contribution >= 0.6 is 0 Å². The summed E-state index contributed by atoms with van der Waals surface area (Å²) in [5.74, 6) is -0.848. The topological polar surface area (TPSA) is 78.9 Å². The fourth-order valence-corrected chi connectivity index (χ4v) is 11.6. The highest BCUT2D eigenvalue weighted by Crippen LogP contribution is 2.19. The zero-order valence-electron chi connectivity index (χ0n) is 55.8. The molecule has 82 heavy (non-hydrogen) atoms. The molecule has 0 aromatic rings. The third-order valence-electron chi connectivity index (χ3n) is 17.2. The van der Waals surface area contributed by atoms with Crippen LogP contribution in [0, 0.1) is 0 Å². The van der Waals surface area contributed by atoms with E-state index in [1.807, 2.05) is 0 Å². The summed E-state index contributed by atoms with van der Waals surface area (Å²) < 4.78 is 17.0. The van der Waals surface area contributed by atoms with Gasteiger partial charge in [-0.05, 0) is 51.4 Å². The zero-order chi connectivity index (χ0) is 59.2. The average Bonchev–Trinajstić information content (AvgIpc) is 3.48. The first-order valence-electron chi connectivity index (χ1n) is 37.3. The van der Waals surface area contributed by atoms with Gasteiger partial charge in [0.2, 0.25) is 0 Å². The minimum Gasteiger partial charge on any atom is -0.462 e.